The summed E-state index contributed by atoms with van der Waals surface area (Å²) in [5.74, 6) is 1.15. The first-order valence-electron chi connectivity index (χ1n) is 17.5. The van der Waals surface area contributed by atoms with Gasteiger partial charge >= 0.3 is 0 Å². The van der Waals surface area contributed by atoms with Crippen LogP contribution in [0.5, 0.6) is 0 Å². The molecule has 242 valence electrons. The van der Waals surface area contributed by atoms with Gasteiger partial charge in [-0.3, -0.25) is 4.98 Å². The van der Waals surface area contributed by atoms with Gasteiger partial charge in [-0.2, -0.15) is 0 Å². The number of rotatable bonds is 5. The molecule has 0 saturated heterocycles. The Bertz CT molecular complexity index is 2680. The van der Waals surface area contributed by atoms with Gasteiger partial charge in [0, 0.05) is 50.6 Å². The van der Waals surface area contributed by atoms with E-state index in [1.54, 1.807) is 0 Å². The minimum absolute atomic E-state index is 0.485. The molecule has 0 aliphatic heterocycles. The quantitative estimate of drug-likeness (QED) is 0.185. The largest absolute Gasteiger partial charge is 0.309 e. The lowest BCUT2D eigenvalue weighted by atomic mass is 9.93. The molecule has 5 heteroatoms. The third kappa shape index (κ3) is 4.89. The molecule has 0 fully saturated rings. The second kappa shape index (κ2) is 11.8. The van der Waals surface area contributed by atoms with Crippen molar-refractivity contribution in [3.8, 4) is 45.4 Å². The first kappa shape index (κ1) is 29.3. The molecule has 1 atom stereocenters. The highest BCUT2D eigenvalue weighted by molar-refractivity contribution is 6.09. The van der Waals surface area contributed by atoms with Crippen LogP contribution in [0.4, 0.5) is 0 Å². The topological polar surface area (TPSA) is 48.5 Å². The number of benzene rings is 5. The Labute approximate surface area is 295 Å². The van der Waals surface area contributed by atoms with Crippen LogP contribution in [0.25, 0.3) is 84.2 Å². The molecule has 0 radical (unpaired) electrons. The highest BCUT2D eigenvalue weighted by Crippen LogP contribution is 2.39. The summed E-state index contributed by atoms with van der Waals surface area (Å²) in [4.78, 5) is 15.0. The van der Waals surface area contributed by atoms with Crippen LogP contribution >= 0.6 is 0 Å². The first-order valence-corrected chi connectivity index (χ1v) is 17.5. The van der Waals surface area contributed by atoms with Crippen molar-refractivity contribution in [2.45, 2.75) is 13.3 Å². The third-order valence-corrected chi connectivity index (χ3v) is 10.1. The van der Waals surface area contributed by atoms with E-state index >= 15 is 0 Å². The summed E-state index contributed by atoms with van der Waals surface area (Å²) in [7, 11) is 0. The molecule has 0 bridgehead atoms. The molecule has 5 aromatic carbocycles. The van der Waals surface area contributed by atoms with Gasteiger partial charge in [0.05, 0.1) is 33.6 Å². The fourth-order valence-corrected chi connectivity index (χ4v) is 7.80. The van der Waals surface area contributed by atoms with Crippen molar-refractivity contribution in [3.63, 3.8) is 0 Å². The Morgan fingerprint density at radius 2 is 1.14 bits per heavy atom. The number of allylic oxidation sites excluding steroid dienone is 1. The monoisotopic (exact) mass is 655 g/mol. The Hall–Kier alpha value is -6.59. The number of nitrogens with zero attached hydrogens (tertiary/aromatic N) is 5. The van der Waals surface area contributed by atoms with Crippen molar-refractivity contribution in [2.75, 3.05) is 0 Å². The number of fused-ring (bicyclic) bond motifs is 6. The molecule has 4 aromatic heterocycles. The standard InChI is InChI=1S/C46H33N5/c1-30-22-23-45-38(25-30)37-17-7-10-21-44(37)51(45)34-27-32(26-33(28-34)50-42-19-8-5-15-35(42)36-16-6-9-20-43(36)50)40-29-41(39-18-11-12-24-47-39)49-46(48-40)31-13-3-2-4-14-31/h2-24,26-30H,25H2,1H3. The molecule has 1 aliphatic rings. The van der Waals surface area contributed by atoms with Crippen LogP contribution in [-0.4, -0.2) is 24.1 Å². The molecular weight excluding hydrogens is 623 g/mol. The number of aromatic nitrogens is 5. The maximum atomic E-state index is 5.26. The van der Waals surface area contributed by atoms with Crippen molar-refractivity contribution in [3.05, 3.63) is 169 Å². The van der Waals surface area contributed by atoms with Crippen LogP contribution in [-0.2, 0) is 6.42 Å². The average molecular weight is 656 g/mol. The van der Waals surface area contributed by atoms with Crippen molar-refractivity contribution < 1.29 is 0 Å². The zero-order chi connectivity index (χ0) is 33.9. The second-order valence-corrected chi connectivity index (χ2v) is 13.4. The number of pyridine rings is 1. The first-order chi connectivity index (χ1) is 25.2. The van der Waals surface area contributed by atoms with Crippen LogP contribution in [0, 0.1) is 5.92 Å². The highest BCUT2D eigenvalue weighted by atomic mass is 15.0. The Balaban J connectivity index is 1.30. The van der Waals surface area contributed by atoms with Gasteiger partial charge in [-0.15, -0.1) is 0 Å². The van der Waals surface area contributed by atoms with Crippen LogP contribution in [0.1, 0.15) is 18.2 Å². The maximum Gasteiger partial charge on any atom is 0.160 e. The van der Waals surface area contributed by atoms with Crippen molar-refractivity contribution in [1.82, 2.24) is 24.1 Å². The number of para-hydroxylation sites is 3. The summed E-state index contributed by atoms with van der Waals surface area (Å²) >= 11 is 0. The van der Waals surface area contributed by atoms with Gasteiger partial charge in [0.1, 0.15) is 0 Å². The van der Waals surface area contributed by atoms with E-state index in [4.69, 9.17) is 9.97 Å². The Morgan fingerprint density at radius 1 is 0.529 bits per heavy atom. The summed E-state index contributed by atoms with van der Waals surface area (Å²) in [5.41, 5.74) is 12.7. The van der Waals surface area contributed by atoms with Gasteiger partial charge in [-0.1, -0.05) is 104 Å². The van der Waals surface area contributed by atoms with Crippen molar-refractivity contribution in [1.29, 1.82) is 0 Å². The molecule has 0 spiro atoms. The lowest BCUT2D eigenvalue weighted by molar-refractivity contribution is 0.718. The fraction of sp³-hybridized carbons (Fsp3) is 0.0652. The van der Waals surface area contributed by atoms with E-state index in [-0.39, 0.29) is 0 Å². The molecule has 1 unspecified atom stereocenters. The van der Waals surface area contributed by atoms with Crippen molar-refractivity contribution in [2.24, 2.45) is 5.92 Å². The van der Waals surface area contributed by atoms with E-state index in [0.29, 0.717) is 11.7 Å². The van der Waals surface area contributed by atoms with Gasteiger partial charge in [-0.05, 0) is 78.6 Å². The predicted molar refractivity (Wildman–Crippen MR) is 209 cm³/mol. The fourth-order valence-electron chi connectivity index (χ4n) is 7.80. The molecule has 9 aromatic rings. The van der Waals surface area contributed by atoms with Crippen LogP contribution in [0.3, 0.4) is 0 Å². The second-order valence-electron chi connectivity index (χ2n) is 13.4. The molecule has 0 N–H and O–H groups in total. The molecule has 10 rings (SSSR count). The summed E-state index contributed by atoms with van der Waals surface area (Å²) in [6.45, 7) is 2.30. The van der Waals surface area contributed by atoms with E-state index in [1.165, 1.54) is 32.9 Å². The normalized spacial score (nSPS) is 14.0. The van der Waals surface area contributed by atoms with Crippen LogP contribution in [0.2, 0.25) is 0 Å². The molecule has 4 heterocycles. The van der Waals surface area contributed by atoms with E-state index in [1.807, 2.05) is 42.6 Å². The third-order valence-electron chi connectivity index (χ3n) is 10.1. The molecule has 51 heavy (non-hydrogen) atoms. The number of hydrogen-bond donors (Lipinski definition) is 0. The van der Waals surface area contributed by atoms with Gasteiger partial charge in [-0.25, -0.2) is 9.97 Å². The summed E-state index contributed by atoms with van der Waals surface area (Å²) in [5, 5.41) is 3.76. The van der Waals surface area contributed by atoms with Gasteiger partial charge in [0.25, 0.3) is 0 Å². The van der Waals surface area contributed by atoms with Crippen LogP contribution in [0.15, 0.2) is 158 Å². The minimum atomic E-state index is 0.485. The average Bonchev–Trinajstić information content (AvgIpc) is 3.71. The van der Waals surface area contributed by atoms with Crippen LogP contribution < -0.4 is 0 Å². The predicted octanol–water partition coefficient (Wildman–Crippen LogP) is 11.1. The molecule has 5 nitrogen and oxygen atoms in total. The van der Waals surface area contributed by atoms with Crippen molar-refractivity contribution >= 4 is 38.8 Å². The Morgan fingerprint density at radius 3 is 1.84 bits per heavy atom. The molecular formula is C46H33N5. The zero-order valence-corrected chi connectivity index (χ0v) is 28.1. The lowest BCUT2D eigenvalue weighted by Gasteiger charge is -2.18. The SMILES string of the molecule is CC1C=Cc2c(c3ccccc3n2-c2cc(-c3cc(-c4ccccn4)nc(-c4ccccc4)n3)cc(-n3c4ccccc4c4ccccc43)c2)C1. The highest BCUT2D eigenvalue weighted by Gasteiger charge is 2.23. The maximum absolute atomic E-state index is 5.26. The van der Waals surface area contributed by atoms with E-state index < -0.39 is 0 Å². The van der Waals surface area contributed by atoms with Gasteiger partial charge in [0.2, 0.25) is 0 Å². The van der Waals surface area contributed by atoms with Gasteiger partial charge in [0.15, 0.2) is 5.82 Å². The molecule has 0 amide bonds. The Kier molecular flexibility index (Phi) is 6.78. The smallest absolute Gasteiger partial charge is 0.160 e. The summed E-state index contributed by atoms with van der Waals surface area (Å²) < 4.78 is 4.83. The molecule has 0 saturated carbocycles. The molecule has 1 aliphatic carbocycles. The van der Waals surface area contributed by atoms with E-state index in [9.17, 15) is 0 Å². The number of hydrogen-bond acceptors (Lipinski definition) is 3. The summed E-state index contributed by atoms with van der Waals surface area (Å²) in [6.07, 6.45) is 7.48. The van der Waals surface area contributed by atoms with E-state index in [2.05, 4.69) is 142 Å². The van der Waals surface area contributed by atoms with E-state index in [0.717, 1.165) is 57.0 Å². The zero-order valence-electron chi connectivity index (χ0n) is 28.1. The van der Waals surface area contributed by atoms with Gasteiger partial charge < -0.3 is 9.13 Å². The lowest BCUT2D eigenvalue weighted by Crippen LogP contribution is -2.06. The minimum Gasteiger partial charge on any atom is -0.309 e. The summed E-state index contributed by atoms with van der Waals surface area (Å²) in [6, 6.07) is 51.3.